The highest BCUT2D eigenvalue weighted by molar-refractivity contribution is 6.30. The molecule has 0 spiro atoms. The lowest BCUT2D eigenvalue weighted by atomic mass is 10.1. The number of ketones is 1. The van der Waals surface area contributed by atoms with E-state index in [1.165, 1.54) is 17.7 Å². The molecule has 0 aromatic heterocycles. The molecule has 0 radical (unpaired) electrons. The molecule has 0 saturated carbocycles. The molecule has 1 N–H and O–H groups in total. The fourth-order valence-corrected chi connectivity index (χ4v) is 2.01. The predicted molar refractivity (Wildman–Crippen MR) is 82.3 cm³/mol. The Bertz CT molecular complexity index is 643. The van der Waals surface area contributed by atoms with Gasteiger partial charge in [-0.1, -0.05) is 42.8 Å². The molecule has 20 heavy (non-hydrogen) atoms. The van der Waals surface area contributed by atoms with E-state index in [2.05, 4.69) is 6.92 Å². The van der Waals surface area contributed by atoms with E-state index in [1.807, 2.05) is 24.3 Å². The largest absolute Gasteiger partial charge is 0.507 e. The molecule has 2 rings (SSSR count). The molecule has 0 amide bonds. The molecular weight excluding hydrogens is 272 g/mol. The first kappa shape index (κ1) is 14.4. The summed E-state index contributed by atoms with van der Waals surface area (Å²) in [4.78, 5) is 12.0. The average Bonchev–Trinajstić information content (AvgIpc) is 2.48. The Morgan fingerprint density at radius 2 is 1.90 bits per heavy atom. The highest BCUT2D eigenvalue weighted by Gasteiger charge is 2.03. The third-order valence-corrected chi connectivity index (χ3v) is 3.29. The van der Waals surface area contributed by atoms with E-state index >= 15 is 0 Å². The fraction of sp³-hybridized carbons (Fsp3) is 0.118. The van der Waals surface area contributed by atoms with Crippen molar-refractivity contribution in [2.75, 3.05) is 0 Å². The lowest BCUT2D eigenvalue weighted by molar-refractivity contribution is 0.104. The van der Waals surface area contributed by atoms with Gasteiger partial charge in [-0.2, -0.15) is 0 Å². The van der Waals surface area contributed by atoms with Crippen molar-refractivity contribution in [2.24, 2.45) is 0 Å². The number of aromatic hydroxyl groups is 1. The van der Waals surface area contributed by atoms with E-state index in [9.17, 15) is 9.90 Å². The Hall–Kier alpha value is -2.06. The summed E-state index contributed by atoms with van der Waals surface area (Å²) in [6, 6.07) is 12.2. The van der Waals surface area contributed by atoms with Crippen molar-refractivity contribution in [1.29, 1.82) is 0 Å². The molecule has 0 saturated heterocycles. The zero-order chi connectivity index (χ0) is 14.5. The summed E-state index contributed by atoms with van der Waals surface area (Å²) in [5.41, 5.74) is 2.34. The predicted octanol–water partition coefficient (Wildman–Crippen LogP) is 4.50. The number of phenols is 1. The summed E-state index contributed by atoms with van der Waals surface area (Å²) in [6.07, 6.45) is 3.95. The van der Waals surface area contributed by atoms with E-state index in [1.54, 1.807) is 18.2 Å². The number of aryl methyl sites for hydroxylation is 1. The van der Waals surface area contributed by atoms with Crippen LogP contribution < -0.4 is 0 Å². The van der Waals surface area contributed by atoms with E-state index in [0.717, 1.165) is 6.42 Å². The van der Waals surface area contributed by atoms with Crippen LogP contribution in [0.15, 0.2) is 48.5 Å². The van der Waals surface area contributed by atoms with Crippen LogP contribution in [0.5, 0.6) is 5.75 Å². The summed E-state index contributed by atoms with van der Waals surface area (Å²) in [5, 5.41) is 10.2. The van der Waals surface area contributed by atoms with Crippen LogP contribution in [0.3, 0.4) is 0 Å². The van der Waals surface area contributed by atoms with Crippen molar-refractivity contribution in [3.63, 3.8) is 0 Å². The molecular formula is C17H15ClO2. The maximum atomic E-state index is 12.0. The molecule has 0 heterocycles. The second kappa shape index (κ2) is 6.40. The van der Waals surface area contributed by atoms with Crippen molar-refractivity contribution in [1.82, 2.24) is 0 Å². The standard InChI is InChI=1S/C17H15ClO2/c1-2-12-3-5-13(6-4-12)16(19)9-7-14-11-15(18)8-10-17(14)20/h3-11,20H,2H2,1H3/b9-7+. The number of phenolic OH excluding ortho intramolecular Hbond substituents is 1. The zero-order valence-corrected chi connectivity index (χ0v) is 11.9. The number of hydrogen-bond donors (Lipinski definition) is 1. The fourth-order valence-electron chi connectivity index (χ4n) is 1.83. The topological polar surface area (TPSA) is 37.3 Å². The van der Waals surface area contributed by atoms with Crippen LogP contribution in [0.1, 0.15) is 28.4 Å². The molecule has 0 unspecified atom stereocenters. The third kappa shape index (κ3) is 3.49. The first-order valence-electron chi connectivity index (χ1n) is 6.40. The van der Waals surface area contributed by atoms with Gasteiger partial charge in [0.1, 0.15) is 5.75 Å². The Morgan fingerprint density at radius 1 is 1.20 bits per heavy atom. The number of rotatable bonds is 4. The molecule has 3 heteroatoms. The van der Waals surface area contributed by atoms with E-state index in [0.29, 0.717) is 16.1 Å². The van der Waals surface area contributed by atoms with Crippen molar-refractivity contribution < 1.29 is 9.90 Å². The summed E-state index contributed by atoms with van der Waals surface area (Å²) in [7, 11) is 0. The molecule has 2 nitrogen and oxygen atoms in total. The summed E-state index contributed by atoms with van der Waals surface area (Å²) >= 11 is 5.85. The molecule has 0 fully saturated rings. The number of allylic oxidation sites excluding steroid dienone is 1. The Balaban J connectivity index is 2.17. The number of benzene rings is 2. The average molecular weight is 287 g/mol. The molecule has 0 atom stereocenters. The summed E-state index contributed by atoms with van der Waals surface area (Å²) in [6.45, 7) is 2.07. The summed E-state index contributed by atoms with van der Waals surface area (Å²) in [5.74, 6) is -0.00758. The molecule has 2 aromatic rings. The minimum Gasteiger partial charge on any atom is -0.507 e. The minimum absolute atomic E-state index is 0.0970. The zero-order valence-electron chi connectivity index (χ0n) is 11.1. The number of carbonyl (C=O) groups is 1. The first-order chi connectivity index (χ1) is 9.60. The highest BCUT2D eigenvalue weighted by Crippen LogP contribution is 2.22. The van der Waals surface area contributed by atoms with Gasteiger partial charge in [-0.05, 0) is 42.3 Å². The molecule has 0 aliphatic heterocycles. The Kier molecular flexibility index (Phi) is 4.59. The van der Waals surface area contributed by atoms with Crippen LogP contribution >= 0.6 is 11.6 Å². The number of hydrogen-bond acceptors (Lipinski definition) is 2. The lowest BCUT2D eigenvalue weighted by Gasteiger charge is -2.00. The highest BCUT2D eigenvalue weighted by atomic mass is 35.5. The van der Waals surface area contributed by atoms with Crippen molar-refractivity contribution in [2.45, 2.75) is 13.3 Å². The van der Waals surface area contributed by atoms with Crippen LogP contribution in [0.25, 0.3) is 6.08 Å². The number of halogens is 1. The summed E-state index contributed by atoms with van der Waals surface area (Å²) < 4.78 is 0. The Morgan fingerprint density at radius 3 is 2.55 bits per heavy atom. The molecule has 2 aromatic carbocycles. The van der Waals surface area contributed by atoms with Crippen LogP contribution in [0.2, 0.25) is 5.02 Å². The van der Waals surface area contributed by atoms with Gasteiger partial charge in [0.15, 0.2) is 5.78 Å². The quantitative estimate of drug-likeness (QED) is 0.663. The Labute approximate surface area is 123 Å². The normalized spacial score (nSPS) is 10.9. The maximum absolute atomic E-state index is 12.0. The van der Waals surface area contributed by atoms with Gasteiger partial charge in [0.25, 0.3) is 0 Å². The van der Waals surface area contributed by atoms with Gasteiger partial charge in [0, 0.05) is 16.1 Å². The second-order valence-corrected chi connectivity index (χ2v) is 4.89. The van der Waals surface area contributed by atoms with E-state index in [4.69, 9.17) is 11.6 Å². The van der Waals surface area contributed by atoms with E-state index in [-0.39, 0.29) is 11.5 Å². The van der Waals surface area contributed by atoms with E-state index < -0.39 is 0 Å². The second-order valence-electron chi connectivity index (χ2n) is 4.45. The van der Waals surface area contributed by atoms with Gasteiger partial charge in [-0.15, -0.1) is 0 Å². The van der Waals surface area contributed by atoms with Gasteiger partial charge in [-0.25, -0.2) is 0 Å². The van der Waals surface area contributed by atoms with Gasteiger partial charge >= 0.3 is 0 Å². The minimum atomic E-state index is -0.105. The van der Waals surface area contributed by atoms with Crippen LogP contribution in [0, 0.1) is 0 Å². The molecule has 0 bridgehead atoms. The van der Waals surface area contributed by atoms with Crippen molar-refractivity contribution >= 4 is 23.5 Å². The maximum Gasteiger partial charge on any atom is 0.185 e. The molecule has 0 aliphatic carbocycles. The SMILES string of the molecule is CCc1ccc(C(=O)/C=C/c2cc(Cl)ccc2O)cc1. The third-order valence-electron chi connectivity index (χ3n) is 3.05. The van der Waals surface area contributed by atoms with Gasteiger partial charge < -0.3 is 5.11 Å². The van der Waals surface area contributed by atoms with Crippen molar-refractivity contribution in [3.05, 3.63) is 70.3 Å². The van der Waals surface area contributed by atoms with Crippen molar-refractivity contribution in [3.8, 4) is 5.75 Å². The van der Waals surface area contributed by atoms with Gasteiger partial charge in [0.05, 0.1) is 0 Å². The molecule has 102 valence electrons. The van der Waals surface area contributed by atoms with Crippen LogP contribution in [0.4, 0.5) is 0 Å². The smallest absolute Gasteiger partial charge is 0.185 e. The lowest BCUT2D eigenvalue weighted by Crippen LogP contribution is -1.94. The first-order valence-corrected chi connectivity index (χ1v) is 6.78. The van der Waals surface area contributed by atoms with Gasteiger partial charge in [-0.3, -0.25) is 4.79 Å². The van der Waals surface area contributed by atoms with Crippen LogP contribution in [-0.2, 0) is 6.42 Å². The monoisotopic (exact) mass is 286 g/mol. The number of carbonyl (C=O) groups excluding carboxylic acids is 1. The molecule has 0 aliphatic rings. The van der Waals surface area contributed by atoms with Gasteiger partial charge in [0.2, 0.25) is 0 Å². The van der Waals surface area contributed by atoms with Crippen LogP contribution in [-0.4, -0.2) is 10.9 Å².